The van der Waals surface area contributed by atoms with Crippen LogP contribution in [0.4, 0.5) is 5.82 Å². The molecular formula is C17H22N6O7P+. The van der Waals surface area contributed by atoms with Gasteiger partial charge >= 0.3 is 14.1 Å². The molecule has 5 N–H and O–H groups in total. The van der Waals surface area contributed by atoms with Gasteiger partial charge in [-0.15, -0.1) is 4.52 Å². The van der Waals surface area contributed by atoms with E-state index in [0.29, 0.717) is 11.2 Å². The number of esters is 1. The van der Waals surface area contributed by atoms with Crippen LogP contribution in [0, 0.1) is 11.3 Å². The van der Waals surface area contributed by atoms with Crippen molar-refractivity contribution in [3.8, 4) is 6.07 Å². The number of hydrogen-bond acceptors (Lipinski definition) is 11. The number of ether oxygens (including phenoxy) is 2. The number of anilines is 1. The molecule has 1 aliphatic rings. The number of nitriles is 1. The molecule has 31 heavy (non-hydrogen) atoms. The van der Waals surface area contributed by atoms with Gasteiger partial charge in [0.05, 0.1) is 12.3 Å². The molecule has 14 heteroatoms. The largest absolute Gasteiger partial charge is 0.613 e. The molecule has 1 aliphatic heterocycles. The first-order valence-electron chi connectivity index (χ1n) is 9.30. The normalized spacial score (nSPS) is 27.1. The number of aliphatic hydroxyl groups excluding tert-OH is 2. The highest BCUT2D eigenvalue weighted by atomic mass is 31.1. The van der Waals surface area contributed by atoms with E-state index >= 15 is 0 Å². The second-order valence-corrected chi connectivity index (χ2v) is 7.84. The predicted molar refractivity (Wildman–Crippen MR) is 104 cm³/mol. The van der Waals surface area contributed by atoms with E-state index in [1.807, 2.05) is 0 Å². The van der Waals surface area contributed by atoms with Crippen molar-refractivity contribution in [2.24, 2.45) is 0 Å². The molecule has 0 saturated carbocycles. The maximum absolute atomic E-state index is 12.2. The molecule has 6 atom stereocenters. The van der Waals surface area contributed by atoms with Gasteiger partial charge in [0.1, 0.15) is 48.9 Å². The van der Waals surface area contributed by atoms with Crippen LogP contribution in [0.5, 0.6) is 0 Å². The highest BCUT2D eigenvalue weighted by Gasteiger charge is 2.57. The molecular weight excluding hydrogens is 431 g/mol. The van der Waals surface area contributed by atoms with E-state index in [0.717, 1.165) is 0 Å². The van der Waals surface area contributed by atoms with Crippen LogP contribution in [0.3, 0.4) is 0 Å². The van der Waals surface area contributed by atoms with Gasteiger partial charge in [0.2, 0.25) is 5.60 Å². The average Bonchev–Trinajstić information content (AvgIpc) is 3.28. The third-order valence-electron chi connectivity index (χ3n) is 4.78. The van der Waals surface area contributed by atoms with E-state index in [2.05, 4.69) is 15.2 Å². The Balaban J connectivity index is 1.74. The minimum atomic E-state index is -2.61. The van der Waals surface area contributed by atoms with Gasteiger partial charge in [0.25, 0.3) is 0 Å². The lowest BCUT2D eigenvalue weighted by molar-refractivity contribution is -0.144. The summed E-state index contributed by atoms with van der Waals surface area (Å²) in [5.74, 6) is -0.429. The fraction of sp³-hybridized carbons (Fsp3) is 0.529. The molecule has 3 rings (SSSR count). The Labute approximate surface area is 177 Å². The third-order valence-corrected chi connectivity index (χ3v) is 5.74. The summed E-state index contributed by atoms with van der Waals surface area (Å²) in [6.45, 7) is 2.58. The monoisotopic (exact) mass is 453 g/mol. The quantitative estimate of drug-likeness (QED) is 0.298. The molecule has 1 unspecified atom stereocenters. The molecule has 0 aromatic carbocycles. The molecule has 166 valence electrons. The van der Waals surface area contributed by atoms with Crippen LogP contribution in [0.1, 0.15) is 25.6 Å². The van der Waals surface area contributed by atoms with Gasteiger partial charge in [-0.2, -0.15) is 10.4 Å². The number of nitrogens with one attached hydrogen (secondary N) is 1. The minimum absolute atomic E-state index is 0.157. The van der Waals surface area contributed by atoms with Crippen molar-refractivity contribution in [2.75, 3.05) is 18.9 Å². The van der Waals surface area contributed by atoms with Gasteiger partial charge in [-0.25, -0.2) is 9.50 Å². The molecule has 2 aromatic heterocycles. The van der Waals surface area contributed by atoms with Crippen molar-refractivity contribution in [3.05, 3.63) is 24.2 Å². The third kappa shape index (κ3) is 4.35. The molecule has 0 bridgehead atoms. The van der Waals surface area contributed by atoms with Crippen LogP contribution in [-0.2, 0) is 23.4 Å². The number of nitrogens with two attached hydrogens (primary N) is 1. The number of rotatable bonds is 8. The van der Waals surface area contributed by atoms with E-state index in [1.165, 1.54) is 17.8 Å². The zero-order valence-electron chi connectivity index (χ0n) is 16.7. The Morgan fingerprint density at radius 3 is 2.97 bits per heavy atom. The Bertz CT molecular complexity index is 1030. The molecule has 1 fully saturated rings. The minimum Gasteiger partial charge on any atom is -0.465 e. The fourth-order valence-electron chi connectivity index (χ4n) is 3.15. The summed E-state index contributed by atoms with van der Waals surface area (Å²) >= 11 is 0. The lowest BCUT2D eigenvalue weighted by Gasteiger charge is -2.21. The van der Waals surface area contributed by atoms with Gasteiger partial charge in [-0.1, -0.05) is 5.09 Å². The Morgan fingerprint density at radius 2 is 2.29 bits per heavy atom. The van der Waals surface area contributed by atoms with Crippen LogP contribution in [-0.4, -0.2) is 67.8 Å². The van der Waals surface area contributed by atoms with E-state index in [9.17, 15) is 24.8 Å². The maximum Gasteiger partial charge on any atom is 0.613 e. The summed E-state index contributed by atoms with van der Waals surface area (Å²) in [7, 11) is -2.61. The summed E-state index contributed by atoms with van der Waals surface area (Å²) in [6.07, 6.45) is -3.13. The zero-order valence-corrected chi connectivity index (χ0v) is 17.6. The molecule has 0 spiro atoms. The van der Waals surface area contributed by atoms with Crippen LogP contribution in [0.2, 0.25) is 0 Å². The van der Waals surface area contributed by atoms with Gasteiger partial charge < -0.3 is 25.4 Å². The van der Waals surface area contributed by atoms with E-state index < -0.39 is 50.7 Å². The fourth-order valence-corrected chi connectivity index (χ4v) is 3.95. The van der Waals surface area contributed by atoms with Crippen molar-refractivity contribution in [3.63, 3.8) is 0 Å². The summed E-state index contributed by atoms with van der Waals surface area (Å²) in [5.41, 5.74) is 4.56. The Hall–Kier alpha value is -2.72. The van der Waals surface area contributed by atoms with Crippen molar-refractivity contribution < 1.29 is 33.6 Å². The van der Waals surface area contributed by atoms with E-state index in [1.54, 1.807) is 25.1 Å². The maximum atomic E-state index is 12.2. The van der Waals surface area contributed by atoms with Crippen molar-refractivity contribution >= 4 is 25.5 Å². The number of hydrogen-bond donors (Lipinski definition) is 4. The number of carbonyl (C=O) groups is 1. The summed E-state index contributed by atoms with van der Waals surface area (Å²) < 4.78 is 29.2. The van der Waals surface area contributed by atoms with Crippen LogP contribution in [0.15, 0.2) is 18.5 Å². The van der Waals surface area contributed by atoms with Gasteiger partial charge in [-0.05, 0) is 30.5 Å². The predicted octanol–water partition coefficient (Wildman–Crippen LogP) is -0.418. The lowest BCUT2D eigenvalue weighted by atomic mass is 9.96. The Morgan fingerprint density at radius 1 is 1.55 bits per heavy atom. The van der Waals surface area contributed by atoms with E-state index in [4.69, 9.17) is 19.7 Å². The zero-order chi connectivity index (χ0) is 22.8. The van der Waals surface area contributed by atoms with Gasteiger partial charge in [-0.3, -0.25) is 4.79 Å². The first-order valence-corrected chi connectivity index (χ1v) is 10.5. The average molecular weight is 453 g/mol. The molecule has 0 aliphatic carbocycles. The first kappa shape index (κ1) is 23.0. The summed E-state index contributed by atoms with van der Waals surface area (Å²) in [6, 6.07) is 4.04. The van der Waals surface area contributed by atoms with E-state index in [-0.39, 0.29) is 12.4 Å². The molecule has 2 aromatic rings. The smallest absolute Gasteiger partial charge is 0.465 e. The SMILES string of the molecule is CCOC(=O)[C@H](C)N[P+](=O)OC[C@@]1(C#N)O[C@@H](c2ccc3c(N)ncnn23)[C@H](O)[C@@H]1O. The van der Waals surface area contributed by atoms with Gasteiger partial charge in [0.15, 0.2) is 5.82 Å². The van der Waals surface area contributed by atoms with Gasteiger partial charge in [0, 0.05) is 0 Å². The molecule has 3 heterocycles. The summed E-state index contributed by atoms with van der Waals surface area (Å²) in [4.78, 5) is 15.5. The highest BCUT2D eigenvalue weighted by molar-refractivity contribution is 7.36. The summed E-state index contributed by atoms with van der Waals surface area (Å²) in [5, 5.41) is 37.2. The topological polar surface area (TPSA) is 194 Å². The van der Waals surface area contributed by atoms with Crippen molar-refractivity contribution in [2.45, 2.75) is 43.8 Å². The number of nitrogen functional groups attached to an aromatic ring is 1. The molecule has 13 nitrogen and oxygen atoms in total. The number of fused-ring (bicyclic) bond motifs is 1. The first-order chi connectivity index (χ1) is 14.7. The van der Waals surface area contributed by atoms with Crippen LogP contribution < -0.4 is 10.8 Å². The second-order valence-electron chi connectivity index (χ2n) is 6.81. The lowest BCUT2D eigenvalue weighted by Crippen LogP contribution is -2.45. The van der Waals surface area contributed by atoms with Crippen molar-refractivity contribution in [1.29, 1.82) is 5.26 Å². The molecule has 0 radical (unpaired) electrons. The molecule has 1 saturated heterocycles. The van der Waals surface area contributed by atoms with Crippen molar-refractivity contribution in [1.82, 2.24) is 19.7 Å². The highest BCUT2D eigenvalue weighted by Crippen LogP contribution is 2.41. The standard InChI is InChI=1S/C17H22N6O7P/c1-3-28-16(26)9(2)22-31(27)29-7-17(6-18)14(25)12(24)13(30-17)10-4-5-11-15(19)20-8-21-23(10)11/h4-5,8-9,12-14,24-25H,3,7H2,1-2H3,(H,22,27)(H2,19,20,21)/q+1/t9-,12-,13-,14-,17+/m0/s1. The number of aromatic nitrogens is 3. The number of carbonyl (C=O) groups excluding carboxylic acids is 1. The molecule has 0 amide bonds. The second kappa shape index (κ2) is 9.19. The number of aliphatic hydroxyl groups is 2. The number of nitrogens with zero attached hydrogens (tertiary/aromatic N) is 4. The Kier molecular flexibility index (Phi) is 6.80. The van der Waals surface area contributed by atoms with Crippen LogP contribution in [0.25, 0.3) is 5.52 Å². The van der Waals surface area contributed by atoms with Crippen LogP contribution >= 0.6 is 8.18 Å².